The van der Waals surface area contributed by atoms with Gasteiger partial charge in [0.1, 0.15) is 0 Å². The van der Waals surface area contributed by atoms with E-state index in [-0.39, 0.29) is 24.4 Å². The molecule has 1 aromatic heterocycles. The van der Waals surface area contributed by atoms with E-state index in [4.69, 9.17) is 26.8 Å². The Balaban J connectivity index is 2.19. The number of dihydropyridines is 1. The molecular formula is C22H28ClN3O4. The highest BCUT2D eigenvalue weighted by Crippen LogP contribution is 2.48. The molecule has 1 aliphatic heterocycles. The molecule has 1 aromatic rings. The van der Waals surface area contributed by atoms with Gasteiger partial charge in [-0.15, -0.1) is 0 Å². The lowest BCUT2D eigenvalue weighted by atomic mass is 9.68. The molecule has 2 aliphatic rings. The maximum absolute atomic E-state index is 13.3. The van der Waals surface area contributed by atoms with Crippen molar-refractivity contribution in [3.8, 4) is 0 Å². The Kier molecular flexibility index (Phi) is 6.95. The fourth-order valence-corrected chi connectivity index (χ4v) is 4.33. The summed E-state index contributed by atoms with van der Waals surface area (Å²) in [5.74, 6) is -1.15. The largest absolute Gasteiger partial charge is 0.463 e. The zero-order valence-corrected chi connectivity index (χ0v) is 18.3. The molecule has 0 bridgehead atoms. The van der Waals surface area contributed by atoms with Gasteiger partial charge in [0.2, 0.25) is 0 Å². The maximum Gasteiger partial charge on any atom is 0.336 e. The number of ether oxygens (including phenoxy) is 2. The Hall–Kier alpha value is -2.22. The smallest absolute Gasteiger partial charge is 0.336 e. The maximum atomic E-state index is 13.3. The molecule has 8 heteroatoms. The molecule has 3 rings (SSSR count). The number of Topliss-reactive ketones (excluding diaryl/α,β-unsaturated/α-hetero) is 1. The predicted octanol–water partition coefficient (Wildman–Crippen LogP) is 2.86. The van der Waals surface area contributed by atoms with E-state index in [2.05, 4.69) is 24.1 Å². The van der Waals surface area contributed by atoms with Gasteiger partial charge in [-0.05, 0) is 30.4 Å². The minimum absolute atomic E-state index is 0.00430. The number of aromatic nitrogens is 1. The molecule has 0 saturated carbocycles. The van der Waals surface area contributed by atoms with Crippen molar-refractivity contribution in [1.29, 1.82) is 0 Å². The van der Waals surface area contributed by atoms with E-state index in [1.54, 1.807) is 19.2 Å². The zero-order valence-electron chi connectivity index (χ0n) is 17.6. The second kappa shape index (κ2) is 9.29. The lowest BCUT2D eigenvalue weighted by molar-refractivity contribution is -0.139. The zero-order chi connectivity index (χ0) is 21.9. The van der Waals surface area contributed by atoms with E-state index in [1.807, 2.05) is 0 Å². The van der Waals surface area contributed by atoms with Crippen LogP contribution in [0.5, 0.6) is 0 Å². The molecule has 0 fully saturated rings. The van der Waals surface area contributed by atoms with Crippen LogP contribution >= 0.6 is 11.6 Å². The van der Waals surface area contributed by atoms with E-state index in [0.717, 1.165) is 5.70 Å². The van der Waals surface area contributed by atoms with Gasteiger partial charge in [0.25, 0.3) is 0 Å². The summed E-state index contributed by atoms with van der Waals surface area (Å²) in [7, 11) is 0. The third kappa shape index (κ3) is 4.58. The number of nitrogens with two attached hydrogens (primary N) is 1. The van der Waals surface area contributed by atoms with Crippen LogP contribution < -0.4 is 11.1 Å². The summed E-state index contributed by atoms with van der Waals surface area (Å²) in [6.45, 7) is 6.92. The van der Waals surface area contributed by atoms with Crippen molar-refractivity contribution in [1.82, 2.24) is 10.3 Å². The summed E-state index contributed by atoms with van der Waals surface area (Å²) in [5.41, 5.74) is 8.28. The molecule has 0 spiro atoms. The van der Waals surface area contributed by atoms with Crippen LogP contribution in [-0.4, -0.2) is 43.1 Å². The lowest BCUT2D eigenvalue weighted by Crippen LogP contribution is -2.40. The minimum atomic E-state index is -0.643. The molecule has 1 atom stereocenters. The van der Waals surface area contributed by atoms with Gasteiger partial charge in [0, 0.05) is 42.5 Å². The van der Waals surface area contributed by atoms with Crippen LogP contribution in [0.4, 0.5) is 0 Å². The van der Waals surface area contributed by atoms with Crippen LogP contribution in [-0.2, 0) is 19.1 Å². The van der Waals surface area contributed by atoms with Crippen LogP contribution in [0.2, 0.25) is 5.02 Å². The first kappa shape index (κ1) is 22.5. The first-order valence-corrected chi connectivity index (χ1v) is 10.5. The molecular weight excluding hydrogens is 406 g/mol. The number of carbonyl (C=O) groups excluding carboxylic acids is 2. The number of ketones is 1. The van der Waals surface area contributed by atoms with Gasteiger partial charge in [-0.2, -0.15) is 0 Å². The Labute approximate surface area is 181 Å². The third-order valence-corrected chi connectivity index (χ3v) is 5.56. The normalized spacial score (nSPS) is 20.7. The van der Waals surface area contributed by atoms with E-state index in [9.17, 15) is 9.59 Å². The average molecular weight is 434 g/mol. The molecule has 0 saturated heterocycles. The van der Waals surface area contributed by atoms with Gasteiger partial charge in [0.05, 0.1) is 36.1 Å². The van der Waals surface area contributed by atoms with E-state index in [1.165, 1.54) is 6.20 Å². The topological polar surface area (TPSA) is 104 Å². The highest BCUT2D eigenvalue weighted by molar-refractivity contribution is 6.31. The Bertz CT molecular complexity index is 907. The number of carbonyl (C=O) groups is 2. The van der Waals surface area contributed by atoms with Gasteiger partial charge in [-0.25, -0.2) is 4.79 Å². The minimum Gasteiger partial charge on any atom is -0.463 e. The van der Waals surface area contributed by atoms with Gasteiger partial charge >= 0.3 is 5.97 Å². The highest BCUT2D eigenvalue weighted by atomic mass is 35.5. The van der Waals surface area contributed by atoms with Gasteiger partial charge < -0.3 is 20.5 Å². The van der Waals surface area contributed by atoms with Crippen molar-refractivity contribution >= 4 is 23.4 Å². The molecule has 0 radical (unpaired) electrons. The molecule has 1 unspecified atom stereocenters. The van der Waals surface area contributed by atoms with Gasteiger partial charge in [0.15, 0.2) is 5.78 Å². The number of esters is 1. The Morgan fingerprint density at radius 2 is 2.17 bits per heavy atom. The number of nitrogens with one attached hydrogen (secondary N) is 1. The number of allylic oxidation sites excluding steroid dienone is 2. The van der Waals surface area contributed by atoms with Crippen molar-refractivity contribution in [2.24, 2.45) is 11.1 Å². The van der Waals surface area contributed by atoms with Gasteiger partial charge in [-0.3, -0.25) is 9.78 Å². The van der Waals surface area contributed by atoms with Crippen molar-refractivity contribution in [3.05, 3.63) is 51.6 Å². The number of rotatable bonds is 7. The Morgan fingerprint density at radius 3 is 2.83 bits per heavy atom. The van der Waals surface area contributed by atoms with Crippen LogP contribution in [0.25, 0.3) is 0 Å². The standard InChI is InChI=1S/C22H28ClN3O4/c1-4-30-21(28)20-16(12-29-8-6-24)26-15-9-22(2,3)10-17(27)19(15)18(20)13-5-7-25-11-14(13)23/h5,7,11,18,26H,4,6,8-10,12,24H2,1-3H3. The molecule has 1 aliphatic carbocycles. The molecule has 0 aromatic carbocycles. The molecule has 2 heterocycles. The van der Waals surface area contributed by atoms with Crippen molar-refractivity contribution in [3.63, 3.8) is 0 Å². The quantitative estimate of drug-likeness (QED) is 0.503. The number of nitrogens with zero attached hydrogens (tertiary/aromatic N) is 1. The summed E-state index contributed by atoms with van der Waals surface area (Å²) in [6, 6.07) is 1.74. The molecule has 3 N–H and O–H groups in total. The predicted molar refractivity (Wildman–Crippen MR) is 114 cm³/mol. The summed E-state index contributed by atoms with van der Waals surface area (Å²) in [6.07, 6.45) is 4.18. The fourth-order valence-electron chi connectivity index (χ4n) is 4.10. The summed E-state index contributed by atoms with van der Waals surface area (Å²) in [4.78, 5) is 30.4. The lowest BCUT2D eigenvalue weighted by Gasteiger charge is -2.40. The molecule has 162 valence electrons. The SMILES string of the molecule is CCOC(=O)C1=C(COCCN)NC2=C(C(=O)CC(C)(C)C2)C1c1ccncc1Cl. The number of halogens is 1. The molecule has 0 amide bonds. The average Bonchev–Trinajstić information content (AvgIpc) is 2.66. The monoisotopic (exact) mass is 433 g/mol. The van der Waals surface area contributed by atoms with Crippen LogP contribution in [0.3, 0.4) is 0 Å². The second-order valence-corrected chi connectivity index (χ2v) is 8.65. The fraction of sp³-hybridized carbons (Fsp3) is 0.500. The summed E-state index contributed by atoms with van der Waals surface area (Å²) >= 11 is 6.47. The van der Waals surface area contributed by atoms with Crippen molar-refractivity contribution < 1.29 is 19.1 Å². The number of hydrogen-bond donors (Lipinski definition) is 2. The molecule has 30 heavy (non-hydrogen) atoms. The highest BCUT2D eigenvalue weighted by Gasteiger charge is 2.44. The third-order valence-electron chi connectivity index (χ3n) is 5.24. The first-order chi connectivity index (χ1) is 14.3. The number of pyridine rings is 1. The van der Waals surface area contributed by atoms with E-state index < -0.39 is 11.9 Å². The van der Waals surface area contributed by atoms with Crippen molar-refractivity contribution in [2.45, 2.75) is 39.5 Å². The summed E-state index contributed by atoms with van der Waals surface area (Å²) < 4.78 is 11.0. The Morgan fingerprint density at radius 1 is 1.40 bits per heavy atom. The number of hydrogen-bond acceptors (Lipinski definition) is 7. The van der Waals surface area contributed by atoms with Gasteiger partial charge in [-0.1, -0.05) is 25.4 Å². The van der Waals surface area contributed by atoms with Crippen molar-refractivity contribution in [2.75, 3.05) is 26.4 Å². The van der Waals surface area contributed by atoms with Crippen LogP contribution in [0, 0.1) is 5.41 Å². The second-order valence-electron chi connectivity index (χ2n) is 8.24. The van der Waals surface area contributed by atoms with Crippen LogP contribution in [0.15, 0.2) is 41.0 Å². The van der Waals surface area contributed by atoms with E-state index >= 15 is 0 Å². The van der Waals surface area contributed by atoms with E-state index in [0.29, 0.717) is 53.4 Å². The van der Waals surface area contributed by atoms with Crippen LogP contribution in [0.1, 0.15) is 45.1 Å². The molecule has 7 nitrogen and oxygen atoms in total. The first-order valence-electron chi connectivity index (χ1n) is 10.1. The summed E-state index contributed by atoms with van der Waals surface area (Å²) in [5, 5.41) is 3.71.